The van der Waals surface area contributed by atoms with E-state index in [0.717, 1.165) is 18.4 Å². The smallest absolute Gasteiger partial charge is 0.410 e. The molecule has 1 saturated heterocycles. The van der Waals surface area contributed by atoms with Crippen molar-refractivity contribution in [3.05, 3.63) is 23.8 Å². The summed E-state index contributed by atoms with van der Waals surface area (Å²) in [6.07, 6.45) is 8.34. The van der Waals surface area contributed by atoms with Crippen LogP contribution in [-0.2, 0) is 9.53 Å². The van der Waals surface area contributed by atoms with E-state index in [2.05, 4.69) is 6.92 Å². The van der Waals surface area contributed by atoms with Gasteiger partial charge >= 0.3 is 12.1 Å². The molecule has 0 aromatic rings. The number of amides is 1. The lowest BCUT2D eigenvalue weighted by Gasteiger charge is -2.21. The Morgan fingerprint density at radius 3 is 2.55 bits per heavy atom. The molecule has 1 N–H and O–H groups in total. The normalized spacial score (nSPS) is 18.1. The first-order valence-electron chi connectivity index (χ1n) is 8.10. The van der Waals surface area contributed by atoms with Gasteiger partial charge in [0.2, 0.25) is 0 Å². The molecule has 126 valence electrons. The van der Waals surface area contributed by atoms with Crippen molar-refractivity contribution in [2.24, 2.45) is 0 Å². The van der Waals surface area contributed by atoms with Gasteiger partial charge in [-0.3, -0.25) is 4.90 Å². The van der Waals surface area contributed by atoms with Crippen LogP contribution in [0.25, 0.3) is 0 Å². The number of ether oxygens (including phenoxy) is 1. The Balaban J connectivity index is 0.00000211. The highest BCUT2D eigenvalue weighted by Crippen LogP contribution is 2.18. The zero-order chi connectivity index (χ0) is 17.0. The second-order valence-electron chi connectivity index (χ2n) is 4.76. The van der Waals surface area contributed by atoms with Gasteiger partial charge in [-0.25, -0.2) is 9.59 Å². The molecule has 0 spiro atoms. The van der Waals surface area contributed by atoms with Crippen molar-refractivity contribution in [3.63, 3.8) is 0 Å². The molecule has 0 aliphatic carbocycles. The Morgan fingerprint density at radius 2 is 2.00 bits per heavy atom. The fraction of sp³-hybridized carbons (Fsp3) is 0.647. The Hall–Kier alpha value is -1.78. The number of hydrogen-bond donors (Lipinski definition) is 1. The molecule has 0 aromatic carbocycles. The van der Waals surface area contributed by atoms with Gasteiger partial charge in [0, 0.05) is 6.54 Å². The van der Waals surface area contributed by atoms with Gasteiger partial charge in [0.05, 0.1) is 0 Å². The van der Waals surface area contributed by atoms with E-state index in [1.54, 1.807) is 0 Å². The maximum absolute atomic E-state index is 11.9. The fourth-order valence-electron chi connectivity index (χ4n) is 2.09. The molecular weight excluding hydrogens is 282 g/mol. The predicted octanol–water partition coefficient (Wildman–Crippen LogP) is 4.00. The molecule has 22 heavy (non-hydrogen) atoms. The van der Waals surface area contributed by atoms with E-state index in [1.807, 2.05) is 39.0 Å². The van der Waals surface area contributed by atoms with E-state index in [1.165, 1.54) is 4.90 Å². The third kappa shape index (κ3) is 6.78. The van der Waals surface area contributed by atoms with Gasteiger partial charge in [-0.05, 0) is 31.3 Å². The van der Waals surface area contributed by atoms with Gasteiger partial charge in [0.15, 0.2) is 0 Å². The molecule has 1 rings (SSSR count). The number of nitrogens with zero attached hydrogens (tertiary/aromatic N) is 1. The maximum atomic E-state index is 11.9. The lowest BCUT2D eigenvalue weighted by atomic mass is 10.2. The van der Waals surface area contributed by atoms with Crippen molar-refractivity contribution in [2.45, 2.75) is 59.4 Å². The van der Waals surface area contributed by atoms with Gasteiger partial charge < -0.3 is 9.84 Å². The standard InChI is InChI=1S/C15H23NO4.C2H6/c1-3-5-6-8-12(4-2)11-20-15(19)16-10-7-9-13(16)14(17)18;1-2/h5-6,8,13H,3-4,7,9-11H2,1-2H3,(H,17,18);1-2H3/b6-5-,12-8+;. The molecule has 1 aliphatic rings. The summed E-state index contributed by atoms with van der Waals surface area (Å²) in [5.41, 5.74) is 1.01. The molecular formula is C17H29NO4. The number of likely N-dealkylation sites (tertiary alicyclic amines) is 1. The monoisotopic (exact) mass is 311 g/mol. The summed E-state index contributed by atoms with van der Waals surface area (Å²) in [5, 5.41) is 9.03. The lowest BCUT2D eigenvalue weighted by Crippen LogP contribution is -2.40. The summed E-state index contributed by atoms with van der Waals surface area (Å²) in [6.45, 7) is 8.72. The fourth-order valence-corrected chi connectivity index (χ4v) is 2.09. The lowest BCUT2D eigenvalue weighted by molar-refractivity contribution is -0.141. The largest absolute Gasteiger partial charge is 0.480 e. The van der Waals surface area contributed by atoms with Gasteiger partial charge in [0.25, 0.3) is 0 Å². The SMILES string of the molecule is CC.CC/C=C\C=C(/CC)COC(=O)N1CCCC1C(=O)O. The summed E-state index contributed by atoms with van der Waals surface area (Å²) in [6, 6.07) is -0.739. The van der Waals surface area contributed by atoms with Crippen LogP contribution in [0.2, 0.25) is 0 Å². The van der Waals surface area contributed by atoms with E-state index >= 15 is 0 Å². The minimum atomic E-state index is -0.961. The summed E-state index contributed by atoms with van der Waals surface area (Å²) < 4.78 is 5.21. The number of rotatable bonds is 6. The van der Waals surface area contributed by atoms with E-state index in [9.17, 15) is 9.59 Å². The topological polar surface area (TPSA) is 66.8 Å². The highest BCUT2D eigenvalue weighted by molar-refractivity contribution is 5.80. The molecule has 0 saturated carbocycles. The van der Waals surface area contributed by atoms with Gasteiger partial charge in [0.1, 0.15) is 12.6 Å². The highest BCUT2D eigenvalue weighted by atomic mass is 16.6. The number of hydrogen-bond acceptors (Lipinski definition) is 3. The van der Waals surface area contributed by atoms with Crippen molar-refractivity contribution in [1.82, 2.24) is 4.90 Å². The van der Waals surface area contributed by atoms with Gasteiger partial charge in [-0.2, -0.15) is 0 Å². The van der Waals surface area contributed by atoms with Crippen LogP contribution in [0.5, 0.6) is 0 Å². The van der Waals surface area contributed by atoms with Crippen LogP contribution in [-0.4, -0.2) is 41.3 Å². The highest BCUT2D eigenvalue weighted by Gasteiger charge is 2.34. The molecule has 1 heterocycles. The molecule has 1 fully saturated rings. The molecule has 5 nitrogen and oxygen atoms in total. The minimum absolute atomic E-state index is 0.215. The van der Waals surface area contributed by atoms with E-state index in [-0.39, 0.29) is 6.61 Å². The molecule has 1 amide bonds. The quantitative estimate of drug-likeness (QED) is 0.753. The maximum Gasteiger partial charge on any atom is 0.410 e. The molecule has 1 aliphatic heterocycles. The number of carbonyl (C=O) groups is 2. The number of carboxylic acids is 1. The van der Waals surface area contributed by atoms with Crippen molar-refractivity contribution >= 4 is 12.1 Å². The Morgan fingerprint density at radius 1 is 1.32 bits per heavy atom. The zero-order valence-electron chi connectivity index (χ0n) is 14.2. The number of allylic oxidation sites excluding steroid dienone is 3. The first-order valence-corrected chi connectivity index (χ1v) is 8.10. The Bertz CT molecular complexity index is 401. The molecule has 5 heteroatoms. The number of carboxylic acid groups (broad SMARTS) is 1. The van der Waals surface area contributed by atoms with Crippen LogP contribution in [0.15, 0.2) is 23.8 Å². The number of aliphatic carboxylic acids is 1. The average molecular weight is 311 g/mol. The molecule has 0 bridgehead atoms. The van der Waals surface area contributed by atoms with E-state index in [0.29, 0.717) is 19.4 Å². The first-order chi connectivity index (χ1) is 10.6. The van der Waals surface area contributed by atoms with Crippen LogP contribution in [0.4, 0.5) is 4.79 Å². The summed E-state index contributed by atoms with van der Waals surface area (Å²) >= 11 is 0. The summed E-state index contributed by atoms with van der Waals surface area (Å²) in [7, 11) is 0. The van der Waals surface area contributed by atoms with E-state index < -0.39 is 18.1 Å². The zero-order valence-corrected chi connectivity index (χ0v) is 14.2. The third-order valence-corrected chi connectivity index (χ3v) is 3.31. The first kappa shape index (κ1) is 20.2. The van der Waals surface area contributed by atoms with E-state index in [4.69, 9.17) is 9.84 Å². The molecule has 0 aromatic heterocycles. The summed E-state index contributed by atoms with van der Waals surface area (Å²) in [5.74, 6) is -0.961. The molecule has 0 radical (unpaired) electrons. The van der Waals surface area contributed by atoms with Crippen molar-refractivity contribution in [2.75, 3.05) is 13.2 Å². The second kappa shape index (κ2) is 11.8. The van der Waals surface area contributed by atoms with Crippen LogP contribution in [0.3, 0.4) is 0 Å². The van der Waals surface area contributed by atoms with Crippen molar-refractivity contribution in [3.8, 4) is 0 Å². The van der Waals surface area contributed by atoms with Crippen LogP contribution in [0.1, 0.15) is 53.4 Å². The van der Waals surface area contributed by atoms with Crippen LogP contribution in [0, 0.1) is 0 Å². The summed E-state index contributed by atoms with van der Waals surface area (Å²) in [4.78, 5) is 24.2. The minimum Gasteiger partial charge on any atom is -0.480 e. The molecule has 1 unspecified atom stereocenters. The second-order valence-corrected chi connectivity index (χ2v) is 4.76. The predicted molar refractivity (Wildman–Crippen MR) is 87.9 cm³/mol. The van der Waals surface area contributed by atoms with Gasteiger partial charge in [-0.15, -0.1) is 0 Å². The van der Waals surface area contributed by atoms with Crippen LogP contribution >= 0.6 is 0 Å². The Kier molecular flexibility index (Phi) is 10.9. The molecule has 1 atom stereocenters. The van der Waals surface area contributed by atoms with Gasteiger partial charge in [-0.1, -0.05) is 45.9 Å². The number of carbonyl (C=O) groups excluding carboxylic acids is 1. The van der Waals surface area contributed by atoms with Crippen LogP contribution < -0.4 is 0 Å². The van der Waals surface area contributed by atoms with Crippen molar-refractivity contribution < 1.29 is 19.4 Å². The third-order valence-electron chi connectivity index (χ3n) is 3.31. The Labute approximate surface area is 133 Å². The van der Waals surface area contributed by atoms with Crippen molar-refractivity contribution in [1.29, 1.82) is 0 Å². The average Bonchev–Trinajstić information content (AvgIpc) is 3.02.